The van der Waals surface area contributed by atoms with Crippen molar-refractivity contribution in [2.24, 2.45) is 5.16 Å². The summed E-state index contributed by atoms with van der Waals surface area (Å²) in [4.78, 5) is 4.17. The second kappa shape index (κ2) is 7.28. The number of nitriles is 1. The van der Waals surface area contributed by atoms with Crippen LogP contribution in [0.1, 0.15) is 16.8 Å². The van der Waals surface area contributed by atoms with Gasteiger partial charge in [0.2, 0.25) is 0 Å². The molecule has 144 valence electrons. The predicted octanol–water partition coefficient (Wildman–Crippen LogP) is 5.19. The number of alkyl halides is 6. The van der Waals surface area contributed by atoms with Crippen molar-refractivity contribution in [1.82, 2.24) is 10.2 Å². The fourth-order valence-electron chi connectivity index (χ4n) is 2.14. The van der Waals surface area contributed by atoms with E-state index in [0.29, 0.717) is 12.1 Å². The average molecular weight is 431 g/mol. The predicted molar refractivity (Wildman–Crippen MR) is 83.4 cm³/mol. The lowest BCUT2D eigenvalue weighted by atomic mass is 10.00. The number of aromatic amines is 1. The van der Waals surface area contributed by atoms with Crippen molar-refractivity contribution in [3.63, 3.8) is 0 Å². The Morgan fingerprint density at radius 1 is 1.19 bits per heavy atom. The van der Waals surface area contributed by atoms with Crippen molar-refractivity contribution in [1.29, 1.82) is 5.26 Å². The van der Waals surface area contributed by atoms with Crippen molar-refractivity contribution >= 4 is 28.9 Å². The number of hydrogen-bond acceptors (Lipinski definition) is 4. The van der Waals surface area contributed by atoms with Gasteiger partial charge in [0, 0.05) is 5.56 Å². The zero-order chi connectivity index (χ0) is 20.6. The number of oxime groups is 1. The van der Waals surface area contributed by atoms with Gasteiger partial charge in [-0.25, -0.2) is 0 Å². The third-order valence-corrected chi connectivity index (χ3v) is 3.78. The Hall–Kier alpha value is -2.45. The third kappa shape index (κ3) is 4.12. The summed E-state index contributed by atoms with van der Waals surface area (Å²) in [5.74, 6) is 0. The lowest BCUT2D eigenvalue weighted by Gasteiger charge is -2.14. The summed E-state index contributed by atoms with van der Waals surface area (Å²) in [6, 6.07) is 2.40. The summed E-state index contributed by atoms with van der Waals surface area (Å²) >= 11 is 11.7. The van der Waals surface area contributed by atoms with Crippen molar-refractivity contribution in [2.45, 2.75) is 12.4 Å². The molecule has 13 heteroatoms. The summed E-state index contributed by atoms with van der Waals surface area (Å²) in [6.07, 6.45) is -9.86. The molecule has 0 aliphatic rings. The number of nitrogens with one attached hydrogen (secondary N) is 1. The minimum atomic E-state index is -5.08. The van der Waals surface area contributed by atoms with Crippen LogP contribution in [0.15, 0.2) is 17.3 Å². The van der Waals surface area contributed by atoms with E-state index < -0.39 is 56.2 Å². The fourth-order valence-corrected chi connectivity index (χ4v) is 2.82. The molecule has 0 radical (unpaired) electrons. The van der Waals surface area contributed by atoms with Crippen LogP contribution in [0.4, 0.5) is 26.3 Å². The monoisotopic (exact) mass is 430 g/mol. The van der Waals surface area contributed by atoms with E-state index in [2.05, 4.69) is 20.2 Å². The van der Waals surface area contributed by atoms with E-state index in [1.54, 1.807) is 0 Å². The molecule has 1 N–H and O–H groups in total. The Bertz CT molecular complexity index is 920. The molecule has 1 aromatic heterocycles. The topological polar surface area (TPSA) is 74.1 Å². The second-order valence-corrected chi connectivity index (χ2v) is 5.68. The van der Waals surface area contributed by atoms with Crippen molar-refractivity contribution in [3.8, 4) is 17.3 Å². The van der Waals surface area contributed by atoms with E-state index in [-0.39, 0.29) is 0 Å². The van der Waals surface area contributed by atoms with E-state index in [9.17, 15) is 26.3 Å². The molecule has 0 fully saturated rings. The van der Waals surface area contributed by atoms with Crippen molar-refractivity contribution < 1.29 is 31.2 Å². The van der Waals surface area contributed by atoms with Gasteiger partial charge in [-0.1, -0.05) is 28.4 Å². The maximum Gasteiger partial charge on any atom is 0.437 e. The number of H-pyrrole nitrogens is 1. The summed E-state index contributed by atoms with van der Waals surface area (Å²) in [6.45, 7) is 0. The third-order valence-electron chi connectivity index (χ3n) is 3.18. The van der Waals surface area contributed by atoms with Crippen LogP contribution < -0.4 is 0 Å². The van der Waals surface area contributed by atoms with Gasteiger partial charge in [-0.15, -0.1) is 0 Å². The smallest absolute Gasteiger partial charge is 0.399 e. The molecule has 0 aliphatic carbocycles. The van der Waals surface area contributed by atoms with E-state index >= 15 is 0 Å². The molecule has 2 aromatic rings. The van der Waals surface area contributed by atoms with Crippen LogP contribution in [-0.4, -0.2) is 29.2 Å². The quantitative estimate of drug-likeness (QED) is 0.413. The van der Waals surface area contributed by atoms with Gasteiger partial charge in [-0.2, -0.15) is 36.7 Å². The maximum absolute atomic E-state index is 13.3. The fraction of sp³-hybridized carbons (Fsp3) is 0.214. The van der Waals surface area contributed by atoms with Gasteiger partial charge in [-0.3, -0.25) is 5.10 Å². The molecular weight excluding hydrogens is 425 g/mol. The van der Waals surface area contributed by atoms with Crippen LogP contribution in [0.3, 0.4) is 0 Å². The molecule has 0 bridgehead atoms. The summed E-state index contributed by atoms with van der Waals surface area (Å²) < 4.78 is 78.5. The summed E-state index contributed by atoms with van der Waals surface area (Å²) in [7, 11) is 0.843. The zero-order valence-electron chi connectivity index (χ0n) is 12.9. The van der Waals surface area contributed by atoms with E-state index in [1.165, 1.54) is 6.07 Å². The molecule has 0 spiro atoms. The Morgan fingerprint density at radius 3 is 2.15 bits per heavy atom. The van der Waals surface area contributed by atoms with E-state index in [1.807, 2.05) is 0 Å². The summed E-state index contributed by atoms with van der Waals surface area (Å²) in [5.41, 5.74) is -5.39. The van der Waals surface area contributed by atoms with Gasteiger partial charge >= 0.3 is 12.4 Å². The minimum Gasteiger partial charge on any atom is -0.399 e. The highest BCUT2D eigenvalue weighted by Crippen LogP contribution is 2.42. The molecule has 0 saturated heterocycles. The molecule has 0 aliphatic heterocycles. The van der Waals surface area contributed by atoms with Crippen LogP contribution in [-0.2, 0) is 11.0 Å². The molecular formula is C14H6Cl2F6N4O. The minimum absolute atomic E-state index is 0.414. The van der Waals surface area contributed by atoms with Crippen LogP contribution in [0.2, 0.25) is 10.0 Å². The highest BCUT2D eigenvalue weighted by atomic mass is 35.5. The standard InChI is InChI=1S/C14H6Cl2F6N4O/c1-27-26-12(14(20,21)22)10-8(4-23)24-25-11(10)9-6(15)2-5(3-7(9)16)13(17,18)19/h2-3H,1H3,(H,24,25). The second-order valence-electron chi connectivity index (χ2n) is 4.87. The van der Waals surface area contributed by atoms with Crippen LogP contribution in [0.25, 0.3) is 11.3 Å². The molecule has 27 heavy (non-hydrogen) atoms. The molecule has 5 nitrogen and oxygen atoms in total. The zero-order valence-corrected chi connectivity index (χ0v) is 14.4. The molecule has 0 atom stereocenters. The van der Waals surface area contributed by atoms with Crippen molar-refractivity contribution in [2.75, 3.05) is 7.11 Å². The largest absolute Gasteiger partial charge is 0.437 e. The number of halogens is 8. The number of rotatable bonds is 3. The van der Waals surface area contributed by atoms with Crippen LogP contribution in [0, 0.1) is 11.3 Å². The van der Waals surface area contributed by atoms with E-state index in [0.717, 1.165) is 7.11 Å². The SMILES string of the molecule is CON=C(c1c(C#N)n[nH]c1-c1c(Cl)cc(C(F)(F)F)cc1Cl)C(F)(F)F. The number of hydrogen-bond donors (Lipinski definition) is 1. The van der Waals surface area contributed by atoms with E-state index in [4.69, 9.17) is 28.5 Å². The van der Waals surface area contributed by atoms with Gasteiger partial charge < -0.3 is 4.84 Å². The van der Waals surface area contributed by atoms with Crippen molar-refractivity contribution in [3.05, 3.63) is 39.0 Å². The van der Waals surface area contributed by atoms with Gasteiger partial charge in [0.15, 0.2) is 11.4 Å². The lowest BCUT2D eigenvalue weighted by molar-refractivity contribution is -0.137. The lowest BCUT2D eigenvalue weighted by Crippen LogP contribution is -2.25. The van der Waals surface area contributed by atoms with Crippen LogP contribution >= 0.6 is 23.2 Å². The Morgan fingerprint density at radius 2 is 1.74 bits per heavy atom. The molecule has 0 amide bonds. The number of benzene rings is 1. The van der Waals surface area contributed by atoms with Gasteiger partial charge in [0.05, 0.1) is 26.9 Å². The normalized spacial score (nSPS) is 12.8. The molecule has 2 rings (SSSR count). The van der Waals surface area contributed by atoms with Gasteiger partial charge in [-0.05, 0) is 12.1 Å². The Kier molecular flexibility index (Phi) is 5.63. The first-order valence-electron chi connectivity index (χ1n) is 6.65. The first-order valence-corrected chi connectivity index (χ1v) is 7.41. The Balaban J connectivity index is 2.82. The molecule has 0 unspecified atom stereocenters. The maximum atomic E-state index is 13.3. The van der Waals surface area contributed by atoms with Crippen LogP contribution in [0.5, 0.6) is 0 Å². The molecule has 0 saturated carbocycles. The van der Waals surface area contributed by atoms with Gasteiger partial charge in [0.25, 0.3) is 0 Å². The molecule has 1 aromatic carbocycles. The number of nitrogens with zero attached hydrogens (tertiary/aromatic N) is 3. The first-order chi connectivity index (χ1) is 12.4. The average Bonchev–Trinajstić information content (AvgIpc) is 2.93. The highest BCUT2D eigenvalue weighted by molar-refractivity contribution is 6.39. The number of aromatic nitrogens is 2. The summed E-state index contributed by atoms with van der Waals surface area (Å²) in [5, 5.41) is 16.2. The van der Waals surface area contributed by atoms with Gasteiger partial charge in [0.1, 0.15) is 13.2 Å². The Labute approximate surface area is 157 Å². The highest BCUT2D eigenvalue weighted by Gasteiger charge is 2.42. The first kappa shape index (κ1) is 20.9. The molecule has 1 heterocycles.